The van der Waals surface area contributed by atoms with Crippen molar-refractivity contribution in [2.75, 3.05) is 0 Å². The van der Waals surface area contributed by atoms with Gasteiger partial charge in [0, 0.05) is 20.1 Å². The predicted molar refractivity (Wildman–Crippen MR) is 105 cm³/mol. The zero-order chi connectivity index (χ0) is 15.8. The van der Waals surface area contributed by atoms with Crippen LogP contribution in [-0.4, -0.2) is 18.4 Å². The van der Waals surface area contributed by atoms with Crippen molar-refractivity contribution in [3.05, 3.63) is 68.6 Å². The van der Waals surface area contributed by atoms with Crippen LogP contribution in [0.25, 0.3) is 0 Å². The van der Waals surface area contributed by atoms with Gasteiger partial charge in [-0.3, -0.25) is 5.41 Å². The molecule has 2 aromatic carbocycles. The Bertz CT molecular complexity index is 659. The van der Waals surface area contributed by atoms with Crippen LogP contribution in [-0.2, 0) is 0 Å². The topological polar surface area (TPSA) is 72.6 Å². The molecule has 0 heterocycles. The molecule has 0 unspecified atom stereocenters. The Labute approximate surface area is 157 Å². The molecule has 0 spiro atoms. The zero-order valence-corrected chi connectivity index (χ0v) is 15.8. The van der Waals surface area contributed by atoms with Gasteiger partial charge in [-0.05, 0) is 12.1 Å². The minimum atomic E-state index is -0.0217. The summed E-state index contributed by atoms with van der Waals surface area (Å²) in [5.41, 5.74) is 6.94. The van der Waals surface area contributed by atoms with Crippen molar-refractivity contribution >= 4 is 62.7 Å². The van der Waals surface area contributed by atoms with Gasteiger partial charge in [0.2, 0.25) is 5.96 Å². The molecule has 120 valence electrons. The molecule has 0 aliphatic carbocycles. The minimum Gasteiger partial charge on any atom is -0.266 e. The number of halogens is 3. The molecule has 0 aliphatic rings. The molecule has 0 aromatic heterocycles. The van der Waals surface area contributed by atoms with Gasteiger partial charge in [-0.25, -0.2) is 10.9 Å². The first kappa shape index (κ1) is 19.3. The maximum Gasteiger partial charge on any atom is 0.230 e. The number of rotatable bonds is 4. The molecule has 0 radical (unpaired) electrons. The van der Waals surface area contributed by atoms with Gasteiger partial charge in [-0.2, -0.15) is 10.2 Å². The van der Waals surface area contributed by atoms with Crippen molar-refractivity contribution in [3.63, 3.8) is 0 Å². The molecule has 2 rings (SSSR count). The van der Waals surface area contributed by atoms with Crippen LogP contribution >= 0.6 is 44.3 Å². The summed E-state index contributed by atoms with van der Waals surface area (Å²) in [6.45, 7) is 0. The van der Waals surface area contributed by atoms with Crippen LogP contribution in [0.1, 0.15) is 11.1 Å². The van der Waals surface area contributed by atoms with Gasteiger partial charge in [-0.1, -0.05) is 68.3 Å². The highest BCUT2D eigenvalue weighted by Gasteiger charge is 1.95. The summed E-state index contributed by atoms with van der Waals surface area (Å²) in [5.74, 6) is -0.0217. The lowest BCUT2D eigenvalue weighted by atomic mass is 10.2. The summed E-state index contributed by atoms with van der Waals surface area (Å²) in [4.78, 5) is 0. The van der Waals surface area contributed by atoms with Gasteiger partial charge in [0.25, 0.3) is 0 Å². The Balaban J connectivity index is 0.00000264. The van der Waals surface area contributed by atoms with Crippen molar-refractivity contribution in [1.82, 2.24) is 10.9 Å². The van der Waals surface area contributed by atoms with E-state index >= 15 is 0 Å². The first-order valence-electron chi connectivity index (χ1n) is 6.32. The molecule has 2 aromatic rings. The Morgan fingerprint density at radius 3 is 1.61 bits per heavy atom. The first-order chi connectivity index (χ1) is 10.7. The number of benzene rings is 2. The van der Waals surface area contributed by atoms with Crippen molar-refractivity contribution in [3.8, 4) is 0 Å². The van der Waals surface area contributed by atoms with Gasteiger partial charge in [0.1, 0.15) is 0 Å². The van der Waals surface area contributed by atoms with E-state index in [2.05, 4.69) is 52.9 Å². The molecular weight excluding hydrogens is 445 g/mol. The Kier molecular flexibility index (Phi) is 8.53. The van der Waals surface area contributed by atoms with Gasteiger partial charge in [0.05, 0.1) is 12.4 Å². The van der Waals surface area contributed by atoms with Crippen LogP contribution < -0.4 is 10.9 Å². The summed E-state index contributed by atoms with van der Waals surface area (Å²) >= 11 is 6.84. The fourth-order valence-electron chi connectivity index (χ4n) is 1.52. The molecule has 23 heavy (non-hydrogen) atoms. The van der Waals surface area contributed by atoms with Gasteiger partial charge >= 0.3 is 0 Å². The lowest BCUT2D eigenvalue weighted by Gasteiger charge is -2.02. The molecule has 0 aliphatic heterocycles. The van der Waals surface area contributed by atoms with Gasteiger partial charge in [-0.15, -0.1) is 12.4 Å². The monoisotopic (exact) mass is 457 g/mol. The molecule has 5 nitrogen and oxygen atoms in total. The van der Waals surface area contributed by atoms with E-state index in [-0.39, 0.29) is 18.4 Å². The highest BCUT2D eigenvalue weighted by molar-refractivity contribution is 9.10. The third-order valence-corrected chi connectivity index (χ3v) is 4.01. The highest BCUT2D eigenvalue weighted by atomic mass is 79.9. The smallest absolute Gasteiger partial charge is 0.230 e. The van der Waals surface area contributed by atoms with Crippen molar-refractivity contribution in [2.45, 2.75) is 0 Å². The molecule has 0 saturated carbocycles. The van der Waals surface area contributed by atoms with Crippen LogP contribution in [0.4, 0.5) is 0 Å². The first-order valence-corrected chi connectivity index (χ1v) is 7.91. The second-order valence-corrected chi connectivity index (χ2v) is 5.87. The van der Waals surface area contributed by atoms with Crippen LogP contribution in [0.2, 0.25) is 0 Å². The summed E-state index contributed by atoms with van der Waals surface area (Å²) in [7, 11) is 0. The van der Waals surface area contributed by atoms with E-state index in [0.29, 0.717) is 0 Å². The van der Waals surface area contributed by atoms with Crippen LogP contribution in [0.3, 0.4) is 0 Å². The number of nitrogens with zero attached hydrogens (tertiary/aromatic N) is 2. The fraction of sp³-hybridized carbons (Fsp3) is 0. The van der Waals surface area contributed by atoms with Crippen LogP contribution in [0.5, 0.6) is 0 Å². The number of hydrogen-bond donors (Lipinski definition) is 3. The zero-order valence-electron chi connectivity index (χ0n) is 11.8. The lowest BCUT2D eigenvalue weighted by Crippen LogP contribution is -2.29. The maximum atomic E-state index is 7.65. The molecule has 0 atom stereocenters. The standard InChI is InChI=1S/C15H13Br2N5.ClH/c16-13-7-3-1-5-11(13)9-19-21-15(18)22-20-10-12-6-2-4-8-14(12)17;/h1-10H,(H3,18,21,22);1H. The Morgan fingerprint density at radius 1 is 0.826 bits per heavy atom. The van der Waals surface area contributed by atoms with E-state index in [9.17, 15) is 0 Å². The quantitative estimate of drug-likeness (QED) is 0.366. The van der Waals surface area contributed by atoms with E-state index in [4.69, 9.17) is 5.41 Å². The molecule has 0 saturated heterocycles. The van der Waals surface area contributed by atoms with Crippen LogP contribution in [0.15, 0.2) is 67.7 Å². The molecular formula is C15H14Br2ClN5. The fourth-order valence-corrected chi connectivity index (χ4v) is 2.29. The van der Waals surface area contributed by atoms with Gasteiger partial charge in [0.15, 0.2) is 0 Å². The highest BCUT2D eigenvalue weighted by Crippen LogP contribution is 2.13. The molecule has 8 heteroatoms. The summed E-state index contributed by atoms with van der Waals surface area (Å²) in [6.07, 6.45) is 3.25. The van der Waals surface area contributed by atoms with E-state index in [1.165, 1.54) is 0 Å². The minimum absolute atomic E-state index is 0. The average Bonchev–Trinajstić information content (AvgIpc) is 2.51. The van der Waals surface area contributed by atoms with Gasteiger partial charge < -0.3 is 0 Å². The lowest BCUT2D eigenvalue weighted by molar-refractivity contribution is 0.893. The third-order valence-electron chi connectivity index (χ3n) is 2.57. The van der Waals surface area contributed by atoms with Crippen molar-refractivity contribution in [1.29, 1.82) is 5.41 Å². The Hall–Kier alpha value is -1.70. The SMILES string of the molecule is Cl.N=C(NN=Cc1ccccc1Br)NN=Cc1ccccc1Br. The molecule has 0 amide bonds. The summed E-state index contributed by atoms with van der Waals surface area (Å²) in [6, 6.07) is 15.4. The largest absolute Gasteiger partial charge is 0.266 e. The summed E-state index contributed by atoms with van der Waals surface area (Å²) in [5, 5.41) is 15.6. The summed E-state index contributed by atoms with van der Waals surface area (Å²) < 4.78 is 1.87. The molecule has 0 fully saturated rings. The van der Waals surface area contributed by atoms with E-state index in [0.717, 1.165) is 20.1 Å². The number of guanidine groups is 1. The number of nitrogens with one attached hydrogen (secondary N) is 3. The predicted octanol–water partition coefficient (Wildman–Crippen LogP) is 4.12. The van der Waals surface area contributed by atoms with Crippen molar-refractivity contribution < 1.29 is 0 Å². The van der Waals surface area contributed by atoms with Crippen LogP contribution in [0, 0.1) is 5.41 Å². The third kappa shape index (κ3) is 6.52. The normalized spacial score (nSPS) is 10.5. The van der Waals surface area contributed by atoms with E-state index in [1.807, 2.05) is 48.5 Å². The van der Waals surface area contributed by atoms with Crippen molar-refractivity contribution in [2.24, 2.45) is 10.2 Å². The Morgan fingerprint density at radius 2 is 1.22 bits per heavy atom. The second kappa shape index (κ2) is 10.1. The number of hydrazone groups is 2. The molecule has 3 N–H and O–H groups in total. The second-order valence-electron chi connectivity index (χ2n) is 4.16. The maximum absolute atomic E-state index is 7.65. The van der Waals surface area contributed by atoms with E-state index in [1.54, 1.807) is 12.4 Å². The van der Waals surface area contributed by atoms with E-state index < -0.39 is 0 Å². The number of hydrogen-bond acceptors (Lipinski definition) is 3. The molecule has 0 bridgehead atoms. The average molecular weight is 460 g/mol.